The second-order valence-electron chi connectivity index (χ2n) is 2.71. The number of aromatic hydroxyl groups is 1. The van der Waals surface area contributed by atoms with Gasteiger partial charge in [0.1, 0.15) is 11.9 Å². The molecule has 0 aliphatic heterocycles. The quantitative estimate of drug-likeness (QED) is 0.781. The molecule has 0 radical (unpaired) electrons. The lowest BCUT2D eigenvalue weighted by Crippen LogP contribution is -2.18. The first-order valence-electron chi connectivity index (χ1n) is 4.06. The molecule has 1 rings (SSSR count). The Kier molecular flexibility index (Phi) is 3.79. The third-order valence-electron chi connectivity index (χ3n) is 1.75. The molecule has 3 N–H and O–H groups in total. The van der Waals surface area contributed by atoms with E-state index >= 15 is 0 Å². The van der Waals surface area contributed by atoms with E-state index in [0.29, 0.717) is 5.56 Å². The van der Waals surface area contributed by atoms with E-state index in [4.69, 9.17) is 10.8 Å². The molecular formula is C9H11F2NO2. The van der Waals surface area contributed by atoms with Crippen LogP contribution in [0.5, 0.6) is 5.75 Å². The van der Waals surface area contributed by atoms with Gasteiger partial charge in [0.2, 0.25) is 0 Å². The molecule has 1 aromatic rings. The predicted molar refractivity (Wildman–Crippen MR) is 47.0 cm³/mol. The summed E-state index contributed by atoms with van der Waals surface area (Å²) in [6.07, 6.45) is -0.837. The van der Waals surface area contributed by atoms with Gasteiger partial charge in [0.25, 0.3) is 0 Å². The van der Waals surface area contributed by atoms with Crippen molar-refractivity contribution in [3.63, 3.8) is 0 Å². The van der Waals surface area contributed by atoms with Crippen LogP contribution in [0, 0.1) is 0 Å². The molecule has 1 atom stereocenters. The van der Waals surface area contributed by atoms with Gasteiger partial charge in [0.15, 0.2) is 0 Å². The number of rotatable bonds is 4. The Morgan fingerprint density at radius 3 is 2.29 bits per heavy atom. The van der Waals surface area contributed by atoms with Crippen LogP contribution in [0.15, 0.2) is 24.3 Å². The SMILES string of the molecule is NCC(OC(F)F)c1ccc(O)cc1. The summed E-state index contributed by atoms with van der Waals surface area (Å²) in [5.41, 5.74) is 5.79. The van der Waals surface area contributed by atoms with Crippen molar-refractivity contribution in [2.45, 2.75) is 12.7 Å². The van der Waals surface area contributed by atoms with Crippen LogP contribution < -0.4 is 5.73 Å². The number of hydrogen-bond donors (Lipinski definition) is 2. The van der Waals surface area contributed by atoms with Gasteiger partial charge in [-0.05, 0) is 17.7 Å². The summed E-state index contributed by atoms with van der Waals surface area (Å²) in [6, 6.07) is 5.78. The lowest BCUT2D eigenvalue weighted by Gasteiger charge is -2.15. The van der Waals surface area contributed by atoms with Gasteiger partial charge in [-0.2, -0.15) is 8.78 Å². The fourth-order valence-corrected chi connectivity index (χ4v) is 1.08. The number of hydrogen-bond acceptors (Lipinski definition) is 3. The Labute approximate surface area is 80.1 Å². The van der Waals surface area contributed by atoms with E-state index in [2.05, 4.69) is 4.74 Å². The molecule has 5 heteroatoms. The van der Waals surface area contributed by atoms with Gasteiger partial charge in [-0.15, -0.1) is 0 Å². The molecule has 0 aliphatic carbocycles. The van der Waals surface area contributed by atoms with Crippen molar-refractivity contribution in [2.24, 2.45) is 5.73 Å². The average Bonchev–Trinajstić information content (AvgIpc) is 2.15. The van der Waals surface area contributed by atoms with E-state index in [1.54, 1.807) is 0 Å². The van der Waals surface area contributed by atoms with E-state index in [-0.39, 0.29) is 12.3 Å². The molecule has 14 heavy (non-hydrogen) atoms. The minimum absolute atomic E-state index is 0.0326. The van der Waals surface area contributed by atoms with E-state index < -0.39 is 12.7 Å². The molecule has 0 saturated heterocycles. The minimum atomic E-state index is -2.85. The van der Waals surface area contributed by atoms with Crippen molar-refractivity contribution >= 4 is 0 Å². The molecule has 0 heterocycles. The third kappa shape index (κ3) is 2.93. The lowest BCUT2D eigenvalue weighted by atomic mass is 10.1. The van der Waals surface area contributed by atoms with E-state index in [0.717, 1.165) is 0 Å². The van der Waals surface area contributed by atoms with E-state index in [1.165, 1.54) is 24.3 Å². The summed E-state index contributed by atoms with van der Waals surface area (Å²) < 4.78 is 28.1. The summed E-state index contributed by atoms with van der Waals surface area (Å²) >= 11 is 0. The molecule has 3 nitrogen and oxygen atoms in total. The lowest BCUT2D eigenvalue weighted by molar-refractivity contribution is -0.162. The van der Waals surface area contributed by atoms with Crippen LogP contribution in [-0.4, -0.2) is 18.3 Å². The maximum atomic E-state index is 11.9. The highest BCUT2D eigenvalue weighted by Gasteiger charge is 2.15. The fourth-order valence-electron chi connectivity index (χ4n) is 1.08. The predicted octanol–water partition coefficient (Wildman–Crippen LogP) is 1.63. The van der Waals surface area contributed by atoms with Crippen molar-refractivity contribution in [1.82, 2.24) is 0 Å². The van der Waals surface area contributed by atoms with Gasteiger partial charge in [0.05, 0.1) is 0 Å². The van der Waals surface area contributed by atoms with Gasteiger partial charge in [0, 0.05) is 6.54 Å². The van der Waals surface area contributed by atoms with Crippen molar-refractivity contribution in [1.29, 1.82) is 0 Å². The first kappa shape index (κ1) is 10.9. The van der Waals surface area contributed by atoms with Crippen LogP contribution in [0.25, 0.3) is 0 Å². The number of nitrogens with two attached hydrogens (primary N) is 1. The molecule has 1 unspecified atom stereocenters. The van der Waals surface area contributed by atoms with Crippen LogP contribution in [0.4, 0.5) is 8.78 Å². The maximum absolute atomic E-state index is 11.9. The molecule has 0 aromatic heterocycles. The summed E-state index contributed by atoms with van der Waals surface area (Å²) in [7, 11) is 0. The number of benzene rings is 1. The van der Waals surface area contributed by atoms with Crippen LogP contribution >= 0.6 is 0 Å². The number of halogens is 2. The highest BCUT2D eigenvalue weighted by atomic mass is 19.3. The van der Waals surface area contributed by atoms with E-state index in [1.807, 2.05) is 0 Å². The topological polar surface area (TPSA) is 55.5 Å². The summed E-state index contributed by atoms with van der Waals surface area (Å²) in [4.78, 5) is 0. The fraction of sp³-hybridized carbons (Fsp3) is 0.333. The second kappa shape index (κ2) is 4.88. The van der Waals surface area contributed by atoms with Crippen LogP contribution in [0.2, 0.25) is 0 Å². The number of phenolic OH excluding ortho intramolecular Hbond substituents is 1. The van der Waals surface area contributed by atoms with Crippen LogP contribution in [0.3, 0.4) is 0 Å². The Morgan fingerprint density at radius 1 is 1.29 bits per heavy atom. The zero-order valence-electron chi connectivity index (χ0n) is 7.36. The Balaban J connectivity index is 2.73. The summed E-state index contributed by atoms with van der Waals surface area (Å²) in [5, 5.41) is 8.97. The van der Waals surface area contributed by atoms with Crippen LogP contribution in [-0.2, 0) is 4.74 Å². The smallest absolute Gasteiger partial charge is 0.345 e. The number of phenols is 1. The first-order valence-corrected chi connectivity index (χ1v) is 4.06. The zero-order valence-corrected chi connectivity index (χ0v) is 7.36. The van der Waals surface area contributed by atoms with Gasteiger partial charge in [-0.1, -0.05) is 12.1 Å². The Morgan fingerprint density at radius 2 is 1.86 bits per heavy atom. The zero-order chi connectivity index (χ0) is 10.6. The second-order valence-corrected chi connectivity index (χ2v) is 2.71. The van der Waals surface area contributed by atoms with Gasteiger partial charge in [-0.25, -0.2) is 0 Å². The molecule has 0 fully saturated rings. The Hall–Kier alpha value is -1.20. The largest absolute Gasteiger partial charge is 0.508 e. The highest BCUT2D eigenvalue weighted by molar-refractivity contribution is 5.27. The monoisotopic (exact) mass is 203 g/mol. The van der Waals surface area contributed by atoms with Crippen molar-refractivity contribution in [3.05, 3.63) is 29.8 Å². The molecule has 0 bridgehead atoms. The van der Waals surface area contributed by atoms with Crippen LogP contribution in [0.1, 0.15) is 11.7 Å². The molecular weight excluding hydrogens is 192 g/mol. The molecule has 0 spiro atoms. The molecule has 78 valence electrons. The summed E-state index contributed by atoms with van der Waals surface area (Å²) in [5.74, 6) is 0.0709. The van der Waals surface area contributed by atoms with Gasteiger partial charge < -0.3 is 15.6 Å². The first-order chi connectivity index (χ1) is 6.63. The van der Waals surface area contributed by atoms with Crippen molar-refractivity contribution in [3.8, 4) is 5.75 Å². The highest BCUT2D eigenvalue weighted by Crippen LogP contribution is 2.21. The molecule has 0 amide bonds. The van der Waals surface area contributed by atoms with Crippen molar-refractivity contribution < 1.29 is 18.6 Å². The standard InChI is InChI=1S/C9H11F2NO2/c10-9(11)14-8(5-12)6-1-3-7(13)4-2-6/h1-4,8-9,13H,5,12H2. The molecule has 1 aromatic carbocycles. The average molecular weight is 203 g/mol. The summed E-state index contributed by atoms with van der Waals surface area (Å²) in [6.45, 7) is -2.88. The third-order valence-corrected chi connectivity index (χ3v) is 1.75. The Bertz CT molecular complexity index is 277. The normalized spacial score (nSPS) is 13.1. The number of ether oxygens (including phenoxy) is 1. The number of alkyl halides is 2. The van der Waals surface area contributed by atoms with E-state index in [9.17, 15) is 8.78 Å². The van der Waals surface area contributed by atoms with Crippen molar-refractivity contribution in [2.75, 3.05) is 6.54 Å². The molecule has 0 saturated carbocycles. The molecule has 0 aliphatic rings. The maximum Gasteiger partial charge on any atom is 0.345 e. The minimum Gasteiger partial charge on any atom is -0.508 e. The van der Waals surface area contributed by atoms with Gasteiger partial charge >= 0.3 is 6.61 Å². The van der Waals surface area contributed by atoms with Gasteiger partial charge in [-0.3, -0.25) is 0 Å².